The molecule has 25 heavy (non-hydrogen) atoms. The molecule has 0 saturated carbocycles. The van der Waals surface area contributed by atoms with Crippen molar-refractivity contribution in [3.05, 3.63) is 70.8 Å². The summed E-state index contributed by atoms with van der Waals surface area (Å²) in [5.74, 6) is 0.122. The van der Waals surface area contributed by atoms with Crippen LogP contribution in [0.3, 0.4) is 0 Å². The molecule has 0 aromatic heterocycles. The maximum Gasteiger partial charge on any atom is 0.253 e. The van der Waals surface area contributed by atoms with Crippen molar-refractivity contribution in [2.75, 3.05) is 26.2 Å². The Balaban J connectivity index is 1.62. The quantitative estimate of drug-likeness (QED) is 0.866. The zero-order valence-corrected chi connectivity index (χ0v) is 14.6. The molecular weight excluding hydrogens is 310 g/mol. The first-order chi connectivity index (χ1) is 12.2. The smallest absolute Gasteiger partial charge is 0.253 e. The Morgan fingerprint density at radius 3 is 2.72 bits per heavy atom. The molecule has 1 aliphatic heterocycles. The van der Waals surface area contributed by atoms with E-state index in [0.717, 1.165) is 55.8 Å². The van der Waals surface area contributed by atoms with Crippen molar-refractivity contribution in [3.8, 4) is 6.07 Å². The molecule has 4 heteroatoms. The highest BCUT2D eigenvalue weighted by Crippen LogP contribution is 2.13. The number of hydrogen-bond donors (Lipinski definition) is 0. The van der Waals surface area contributed by atoms with Gasteiger partial charge in [0, 0.05) is 38.3 Å². The Labute approximate surface area is 149 Å². The maximum atomic E-state index is 12.7. The van der Waals surface area contributed by atoms with E-state index in [2.05, 4.69) is 17.0 Å². The lowest BCUT2D eigenvalue weighted by molar-refractivity contribution is 0.0761. The third kappa shape index (κ3) is 4.46. The molecule has 0 bridgehead atoms. The predicted molar refractivity (Wildman–Crippen MR) is 98.1 cm³/mol. The second kappa shape index (κ2) is 7.96. The van der Waals surface area contributed by atoms with Crippen LogP contribution in [0.1, 0.15) is 33.5 Å². The summed E-state index contributed by atoms with van der Waals surface area (Å²) in [4.78, 5) is 17.0. The second-order valence-corrected chi connectivity index (χ2v) is 6.60. The fraction of sp³-hybridized carbons (Fsp3) is 0.333. The lowest BCUT2D eigenvalue weighted by Gasteiger charge is -2.22. The van der Waals surface area contributed by atoms with E-state index in [-0.39, 0.29) is 5.91 Å². The highest BCUT2D eigenvalue weighted by molar-refractivity contribution is 5.94. The summed E-state index contributed by atoms with van der Waals surface area (Å²) in [5, 5.41) is 9.03. The fourth-order valence-corrected chi connectivity index (χ4v) is 3.29. The molecule has 1 saturated heterocycles. The van der Waals surface area contributed by atoms with E-state index in [9.17, 15) is 4.79 Å². The van der Waals surface area contributed by atoms with Crippen LogP contribution in [0.4, 0.5) is 0 Å². The molecule has 0 unspecified atom stereocenters. The standard InChI is InChI=1S/C21H23N3O/c1-17-5-2-8-20(13-17)21(25)24-10-4-9-23(11-12-24)16-19-7-3-6-18(14-19)15-22/h2-3,5-8,13-14H,4,9-12,16H2,1H3. The van der Waals surface area contributed by atoms with Crippen molar-refractivity contribution < 1.29 is 4.79 Å². The van der Waals surface area contributed by atoms with Gasteiger partial charge in [0.05, 0.1) is 11.6 Å². The van der Waals surface area contributed by atoms with Crippen molar-refractivity contribution in [1.82, 2.24) is 9.80 Å². The van der Waals surface area contributed by atoms with Crippen molar-refractivity contribution in [1.29, 1.82) is 5.26 Å². The number of hydrogen-bond acceptors (Lipinski definition) is 3. The molecule has 0 radical (unpaired) electrons. The van der Waals surface area contributed by atoms with Crippen LogP contribution in [0.2, 0.25) is 0 Å². The number of amides is 1. The maximum absolute atomic E-state index is 12.7. The Bertz CT molecular complexity index is 794. The number of aryl methyl sites for hydroxylation is 1. The van der Waals surface area contributed by atoms with Gasteiger partial charge in [-0.05, 0) is 43.2 Å². The van der Waals surface area contributed by atoms with Gasteiger partial charge >= 0.3 is 0 Å². The van der Waals surface area contributed by atoms with Gasteiger partial charge in [-0.2, -0.15) is 5.26 Å². The van der Waals surface area contributed by atoms with Gasteiger partial charge < -0.3 is 4.90 Å². The molecule has 3 rings (SSSR count). The monoisotopic (exact) mass is 333 g/mol. The molecule has 128 valence electrons. The summed E-state index contributed by atoms with van der Waals surface area (Å²) in [6.07, 6.45) is 0.968. The first kappa shape index (κ1) is 17.2. The molecule has 0 atom stereocenters. The first-order valence-electron chi connectivity index (χ1n) is 8.73. The Morgan fingerprint density at radius 2 is 1.92 bits per heavy atom. The normalized spacial score (nSPS) is 15.4. The van der Waals surface area contributed by atoms with E-state index in [4.69, 9.17) is 5.26 Å². The van der Waals surface area contributed by atoms with Crippen molar-refractivity contribution in [2.45, 2.75) is 19.9 Å². The molecule has 0 spiro atoms. The SMILES string of the molecule is Cc1cccc(C(=O)N2CCCN(Cc3cccc(C#N)c3)CC2)c1. The van der Waals surface area contributed by atoms with E-state index in [0.29, 0.717) is 5.56 Å². The van der Waals surface area contributed by atoms with Gasteiger partial charge in [-0.3, -0.25) is 9.69 Å². The Hall–Kier alpha value is -2.64. The minimum Gasteiger partial charge on any atom is -0.337 e. The minimum atomic E-state index is 0.122. The molecule has 4 nitrogen and oxygen atoms in total. The predicted octanol–water partition coefficient (Wildman–Crippen LogP) is 3.21. The molecule has 1 heterocycles. The minimum absolute atomic E-state index is 0.122. The van der Waals surface area contributed by atoms with Gasteiger partial charge in [-0.1, -0.05) is 29.8 Å². The van der Waals surface area contributed by atoms with Crippen molar-refractivity contribution in [3.63, 3.8) is 0 Å². The number of nitriles is 1. The third-order valence-electron chi connectivity index (χ3n) is 4.60. The summed E-state index contributed by atoms with van der Waals surface area (Å²) >= 11 is 0. The van der Waals surface area contributed by atoms with Crippen LogP contribution in [0.5, 0.6) is 0 Å². The molecule has 1 aliphatic rings. The summed E-state index contributed by atoms with van der Waals surface area (Å²) in [6, 6.07) is 17.8. The molecule has 1 amide bonds. The zero-order chi connectivity index (χ0) is 17.6. The van der Waals surface area contributed by atoms with Crippen LogP contribution in [-0.2, 0) is 6.54 Å². The van der Waals surface area contributed by atoms with Gasteiger partial charge in [-0.15, -0.1) is 0 Å². The number of carbonyl (C=O) groups is 1. The van der Waals surface area contributed by atoms with E-state index in [1.807, 2.05) is 54.3 Å². The van der Waals surface area contributed by atoms with Gasteiger partial charge in [-0.25, -0.2) is 0 Å². The molecule has 0 aliphatic carbocycles. The van der Waals surface area contributed by atoms with Crippen LogP contribution in [0, 0.1) is 18.3 Å². The van der Waals surface area contributed by atoms with E-state index in [1.54, 1.807) is 0 Å². The van der Waals surface area contributed by atoms with Gasteiger partial charge in [0.1, 0.15) is 0 Å². The number of nitrogens with zero attached hydrogens (tertiary/aromatic N) is 3. The van der Waals surface area contributed by atoms with E-state index in [1.165, 1.54) is 0 Å². The number of benzene rings is 2. The van der Waals surface area contributed by atoms with Crippen LogP contribution < -0.4 is 0 Å². The third-order valence-corrected chi connectivity index (χ3v) is 4.60. The molecule has 0 N–H and O–H groups in total. The van der Waals surface area contributed by atoms with Crippen LogP contribution >= 0.6 is 0 Å². The number of carbonyl (C=O) groups excluding carboxylic acids is 1. The van der Waals surface area contributed by atoms with Gasteiger partial charge in [0.2, 0.25) is 0 Å². The second-order valence-electron chi connectivity index (χ2n) is 6.60. The zero-order valence-electron chi connectivity index (χ0n) is 14.6. The lowest BCUT2D eigenvalue weighted by atomic mass is 10.1. The van der Waals surface area contributed by atoms with Crippen LogP contribution in [0.15, 0.2) is 48.5 Å². The highest BCUT2D eigenvalue weighted by atomic mass is 16.2. The van der Waals surface area contributed by atoms with Crippen LogP contribution in [0.25, 0.3) is 0 Å². The Morgan fingerprint density at radius 1 is 1.08 bits per heavy atom. The van der Waals surface area contributed by atoms with Gasteiger partial charge in [0.15, 0.2) is 0 Å². The average Bonchev–Trinajstić information content (AvgIpc) is 2.87. The largest absolute Gasteiger partial charge is 0.337 e. The van der Waals surface area contributed by atoms with Crippen molar-refractivity contribution in [2.24, 2.45) is 0 Å². The summed E-state index contributed by atoms with van der Waals surface area (Å²) in [6.45, 7) is 6.19. The Kier molecular flexibility index (Phi) is 5.47. The van der Waals surface area contributed by atoms with Crippen molar-refractivity contribution >= 4 is 5.91 Å². The van der Waals surface area contributed by atoms with Gasteiger partial charge in [0.25, 0.3) is 5.91 Å². The van der Waals surface area contributed by atoms with E-state index < -0.39 is 0 Å². The lowest BCUT2D eigenvalue weighted by Crippen LogP contribution is -2.35. The molecule has 2 aromatic carbocycles. The molecule has 2 aromatic rings. The summed E-state index contributed by atoms with van der Waals surface area (Å²) in [5.41, 5.74) is 3.73. The fourth-order valence-electron chi connectivity index (χ4n) is 3.29. The number of rotatable bonds is 3. The highest BCUT2D eigenvalue weighted by Gasteiger charge is 2.20. The topological polar surface area (TPSA) is 47.3 Å². The summed E-state index contributed by atoms with van der Waals surface area (Å²) < 4.78 is 0. The van der Waals surface area contributed by atoms with Crippen LogP contribution in [-0.4, -0.2) is 41.9 Å². The summed E-state index contributed by atoms with van der Waals surface area (Å²) in [7, 11) is 0. The average molecular weight is 333 g/mol. The molecular formula is C21H23N3O. The van der Waals surface area contributed by atoms with E-state index >= 15 is 0 Å². The molecule has 1 fully saturated rings. The first-order valence-corrected chi connectivity index (χ1v) is 8.73.